The fraction of sp³-hybridized carbons (Fsp3) is 0.273. The molecule has 1 aliphatic rings. The quantitative estimate of drug-likeness (QED) is 0.558. The summed E-state index contributed by atoms with van der Waals surface area (Å²) in [5.74, 6) is 1.56. The molecule has 2 N–H and O–H groups in total. The molecule has 1 saturated heterocycles. The van der Waals surface area contributed by atoms with Crippen molar-refractivity contribution in [2.75, 3.05) is 13.2 Å². The fourth-order valence-corrected chi connectivity index (χ4v) is 4.22. The predicted octanol–water partition coefficient (Wildman–Crippen LogP) is 4.66. The van der Waals surface area contributed by atoms with E-state index in [-0.39, 0.29) is 18.7 Å². The number of benzene rings is 1. The van der Waals surface area contributed by atoms with Gasteiger partial charge in [-0.15, -0.1) is 0 Å². The Balaban J connectivity index is 1.73. The fourth-order valence-electron chi connectivity index (χ4n) is 3.71. The Bertz CT molecular complexity index is 1010. The van der Waals surface area contributed by atoms with Gasteiger partial charge >= 0.3 is 0 Å². The van der Waals surface area contributed by atoms with Crippen molar-refractivity contribution in [3.63, 3.8) is 0 Å². The van der Waals surface area contributed by atoms with Crippen molar-refractivity contribution in [1.82, 2.24) is 15.2 Å². The molecule has 7 heteroatoms. The molecule has 0 amide bonds. The maximum Gasteiger partial charge on any atom is 0.170 e. The lowest BCUT2D eigenvalue weighted by molar-refractivity contribution is 0.233. The molecular formula is C22H22ClN3O2S. The van der Waals surface area contributed by atoms with Crippen LogP contribution < -0.4 is 5.32 Å². The summed E-state index contributed by atoms with van der Waals surface area (Å²) in [6, 6.07) is 15.3. The van der Waals surface area contributed by atoms with Gasteiger partial charge in [-0.25, -0.2) is 0 Å². The lowest BCUT2D eigenvalue weighted by atomic mass is 10.0. The van der Waals surface area contributed by atoms with Crippen molar-refractivity contribution in [2.24, 2.45) is 0 Å². The highest BCUT2D eigenvalue weighted by Gasteiger charge is 2.41. The van der Waals surface area contributed by atoms with Crippen molar-refractivity contribution in [3.8, 4) is 11.3 Å². The molecule has 1 fully saturated rings. The summed E-state index contributed by atoms with van der Waals surface area (Å²) in [5.41, 5.74) is 2.95. The van der Waals surface area contributed by atoms with E-state index in [9.17, 15) is 5.11 Å². The Kier molecular flexibility index (Phi) is 5.85. The Morgan fingerprint density at radius 1 is 1.24 bits per heavy atom. The van der Waals surface area contributed by atoms with Crippen LogP contribution in [0.25, 0.3) is 11.3 Å². The minimum Gasteiger partial charge on any atom is -0.459 e. The molecule has 0 aliphatic carbocycles. The Morgan fingerprint density at radius 3 is 2.86 bits per heavy atom. The zero-order chi connectivity index (χ0) is 20.4. The van der Waals surface area contributed by atoms with Gasteiger partial charge in [0.25, 0.3) is 0 Å². The van der Waals surface area contributed by atoms with Crippen LogP contribution in [-0.4, -0.2) is 33.3 Å². The Hall–Kier alpha value is -2.41. The maximum atomic E-state index is 9.32. The van der Waals surface area contributed by atoms with Crippen LogP contribution in [0, 0.1) is 6.92 Å². The van der Waals surface area contributed by atoms with Gasteiger partial charge in [0.1, 0.15) is 17.6 Å². The molecule has 3 aromatic rings. The highest BCUT2D eigenvalue weighted by Crippen LogP contribution is 2.41. The minimum atomic E-state index is -0.155. The monoisotopic (exact) mass is 427 g/mol. The second-order valence-electron chi connectivity index (χ2n) is 7.06. The van der Waals surface area contributed by atoms with E-state index < -0.39 is 0 Å². The van der Waals surface area contributed by atoms with Crippen LogP contribution in [0.3, 0.4) is 0 Å². The number of pyridine rings is 1. The number of rotatable bonds is 6. The predicted molar refractivity (Wildman–Crippen MR) is 118 cm³/mol. The molecule has 0 saturated carbocycles. The van der Waals surface area contributed by atoms with E-state index in [0.29, 0.717) is 23.1 Å². The van der Waals surface area contributed by atoms with E-state index in [2.05, 4.69) is 15.2 Å². The summed E-state index contributed by atoms with van der Waals surface area (Å²) >= 11 is 11.8. The average molecular weight is 428 g/mol. The van der Waals surface area contributed by atoms with E-state index in [4.69, 9.17) is 28.2 Å². The molecule has 4 rings (SSSR count). The standard InChI is InChI=1S/C22H22ClN3O2S/c1-14-6-7-15(23)13-16(14)18-8-9-19(28-18)21-20(17-5-2-3-10-24-17)25-22(29)26(21)11-4-12-27/h2-3,5-10,13,20-21,27H,4,11-12H2,1H3,(H,25,29)/t20-,21+/m1/s1. The molecule has 0 unspecified atom stereocenters. The highest BCUT2D eigenvalue weighted by atomic mass is 35.5. The third kappa shape index (κ3) is 4.01. The summed E-state index contributed by atoms with van der Waals surface area (Å²) < 4.78 is 6.31. The maximum absolute atomic E-state index is 9.32. The molecule has 29 heavy (non-hydrogen) atoms. The summed E-state index contributed by atoms with van der Waals surface area (Å²) in [6.45, 7) is 2.76. The van der Waals surface area contributed by atoms with E-state index in [0.717, 1.165) is 28.3 Å². The van der Waals surface area contributed by atoms with Gasteiger partial charge in [-0.2, -0.15) is 0 Å². The van der Waals surface area contributed by atoms with Crippen molar-refractivity contribution in [2.45, 2.75) is 25.4 Å². The first kappa shape index (κ1) is 19.9. The minimum absolute atomic E-state index is 0.102. The van der Waals surface area contributed by atoms with Crippen LogP contribution in [0.1, 0.15) is 35.5 Å². The van der Waals surface area contributed by atoms with Gasteiger partial charge in [-0.3, -0.25) is 4.98 Å². The molecule has 3 heterocycles. The number of halogens is 1. The summed E-state index contributed by atoms with van der Waals surface area (Å²) in [6.07, 6.45) is 2.39. The number of aromatic nitrogens is 1. The lowest BCUT2D eigenvalue weighted by Gasteiger charge is -2.25. The number of aliphatic hydroxyl groups is 1. The zero-order valence-electron chi connectivity index (χ0n) is 16.0. The first-order valence-corrected chi connectivity index (χ1v) is 10.3. The number of aryl methyl sites for hydroxylation is 1. The normalized spacial score (nSPS) is 18.9. The first-order chi connectivity index (χ1) is 14.1. The van der Waals surface area contributed by atoms with Crippen LogP contribution in [0.4, 0.5) is 0 Å². The molecule has 2 aromatic heterocycles. The molecule has 1 aromatic carbocycles. The number of thiocarbonyl (C=S) groups is 1. The topological polar surface area (TPSA) is 61.5 Å². The van der Waals surface area contributed by atoms with Crippen molar-refractivity contribution in [3.05, 3.63) is 76.8 Å². The second kappa shape index (κ2) is 8.53. The smallest absolute Gasteiger partial charge is 0.170 e. The summed E-state index contributed by atoms with van der Waals surface area (Å²) in [7, 11) is 0. The van der Waals surface area contributed by atoms with Crippen LogP contribution in [0.5, 0.6) is 0 Å². The van der Waals surface area contributed by atoms with Gasteiger partial charge < -0.3 is 19.7 Å². The van der Waals surface area contributed by atoms with Crippen molar-refractivity contribution in [1.29, 1.82) is 0 Å². The van der Waals surface area contributed by atoms with Gasteiger partial charge in [-0.05, 0) is 67.5 Å². The largest absolute Gasteiger partial charge is 0.459 e. The SMILES string of the molecule is Cc1ccc(Cl)cc1-c1ccc([C@H]2[C@@H](c3ccccn3)NC(=S)N2CCCO)o1. The van der Waals surface area contributed by atoms with Gasteiger partial charge in [0.2, 0.25) is 0 Å². The zero-order valence-corrected chi connectivity index (χ0v) is 17.6. The third-order valence-electron chi connectivity index (χ3n) is 5.14. The highest BCUT2D eigenvalue weighted by molar-refractivity contribution is 7.80. The first-order valence-electron chi connectivity index (χ1n) is 9.53. The molecule has 2 atom stereocenters. The van der Waals surface area contributed by atoms with Crippen LogP contribution in [0.2, 0.25) is 5.02 Å². The van der Waals surface area contributed by atoms with Crippen LogP contribution in [-0.2, 0) is 0 Å². The van der Waals surface area contributed by atoms with E-state index in [1.54, 1.807) is 6.20 Å². The molecule has 0 radical (unpaired) electrons. The molecular weight excluding hydrogens is 406 g/mol. The molecule has 150 valence electrons. The molecule has 0 spiro atoms. The van der Waals surface area contributed by atoms with Crippen molar-refractivity contribution < 1.29 is 9.52 Å². The molecule has 1 aliphatic heterocycles. The van der Waals surface area contributed by atoms with Gasteiger partial charge in [0, 0.05) is 29.9 Å². The van der Waals surface area contributed by atoms with E-state index >= 15 is 0 Å². The number of nitrogens with one attached hydrogen (secondary N) is 1. The second-order valence-corrected chi connectivity index (χ2v) is 7.88. The average Bonchev–Trinajstić information content (AvgIpc) is 3.33. The van der Waals surface area contributed by atoms with Crippen LogP contribution >= 0.6 is 23.8 Å². The van der Waals surface area contributed by atoms with Gasteiger partial charge in [-0.1, -0.05) is 23.7 Å². The van der Waals surface area contributed by atoms with Gasteiger partial charge in [0.05, 0.1) is 11.7 Å². The van der Waals surface area contributed by atoms with E-state index in [1.165, 1.54) is 0 Å². The Morgan fingerprint density at radius 2 is 2.10 bits per heavy atom. The van der Waals surface area contributed by atoms with Crippen LogP contribution in [0.15, 0.2) is 59.1 Å². The van der Waals surface area contributed by atoms with E-state index in [1.807, 2.05) is 55.5 Å². The number of hydrogen-bond donors (Lipinski definition) is 2. The molecule has 5 nitrogen and oxygen atoms in total. The number of nitrogens with zero attached hydrogens (tertiary/aromatic N) is 2. The molecule has 0 bridgehead atoms. The lowest BCUT2D eigenvalue weighted by Crippen LogP contribution is -2.30. The van der Waals surface area contributed by atoms with Crippen molar-refractivity contribution >= 4 is 28.9 Å². The van der Waals surface area contributed by atoms with Gasteiger partial charge in [0.15, 0.2) is 5.11 Å². The number of aliphatic hydroxyl groups excluding tert-OH is 1. The summed E-state index contributed by atoms with van der Waals surface area (Å²) in [4.78, 5) is 6.59. The number of furan rings is 1. The Labute approximate surface area is 180 Å². The third-order valence-corrected chi connectivity index (χ3v) is 5.73. The summed E-state index contributed by atoms with van der Waals surface area (Å²) in [5, 5.41) is 14.0. The number of hydrogen-bond acceptors (Lipinski definition) is 4.